The Bertz CT molecular complexity index is 953. The molecule has 0 bridgehead atoms. The van der Waals surface area contributed by atoms with Gasteiger partial charge in [-0.15, -0.1) is 0 Å². The molecule has 3 heterocycles. The Morgan fingerprint density at radius 1 is 1.14 bits per heavy atom. The van der Waals surface area contributed by atoms with Crippen LogP contribution in [-0.4, -0.2) is 51.5 Å². The van der Waals surface area contributed by atoms with Gasteiger partial charge in [0, 0.05) is 57.5 Å². The van der Waals surface area contributed by atoms with Gasteiger partial charge in [0.25, 0.3) is 5.91 Å². The van der Waals surface area contributed by atoms with Gasteiger partial charge in [-0.05, 0) is 24.3 Å². The Labute approximate surface area is 164 Å². The highest BCUT2D eigenvalue weighted by Gasteiger charge is 2.36. The lowest BCUT2D eigenvalue weighted by atomic mass is 10.0. The number of rotatable bonds is 4. The minimum absolute atomic E-state index is 0.0420. The smallest absolute Gasteiger partial charge is 0.255 e. The second-order valence-corrected chi connectivity index (χ2v) is 7.18. The van der Waals surface area contributed by atoms with Crippen molar-refractivity contribution >= 4 is 17.4 Å². The Kier molecular flexibility index (Phi) is 4.83. The first kappa shape index (κ1) is 18.2. The maximum absolute atomic E-state index is 12.9. The van der Waals surface area contributed by atoms with E-state index in [1.165, 1.54) is 0 Å². The van der Waals surface area contributed by atoms with Crippen LogP contribution < -0.4 is 10.6 Å². The van der Waals surface area contributed by atoms with E-state index < -0.39 is 0 Å². The number of pyridine rings is 1. The monoisotopic (exact) mass is 376 g/mol. The van der Waals surface area contributed by atoms with Gasteiger partial charge in [-0.25, -0.2) is 9.97 Å². The van der Waals surface area contributed by atoms with Crippen LogP contribution in [0.25, 0.3) is 0 Å². The third-order valence-corrected chi connectivity index (χ3v) is 5.32. The number of carbonyl (C=O) groups excluding carboxylic acids is 1. The van der Waals surface area contributed by atoms with Gasteiger partial charge in [0.05, 0.1) is 11.5 Å². The highest BCUT2D eigenvalue weighted by atomic mass is 16.2. The summed E-state index contributed by atoms with van der Waals surface area (Å²) in [5.41, 5.74) is 7.91. The van der Waals surface area contributed by atoms with E-state index in [4.69, 9.17) is 5.73 Å². The maximum atomic E-state index is 12.9. The molecular weight excluding hydrogens is 352 g/mol. The first-order chi connectivity index (χ1) is 13.5. The first-order valence-electron chi connectivity index (χ1n) is 9.31. The molecule has 3 aromatic rings. The molecule has 4 rings (SSSR count). The summed E-state index contributed by atoms with van der Waals surface area (Å²) in [5, 5.41) is 0. The average molecular weight is 376 g/mol. The fourth-order valence-corrected chi connectivity index (χ4v) is 3.68. The highest BCUT2D eigenvalue weighted by Crippen LogP contribution is 2.27. The van der Waals surface area contributed by atoms with Gasteiger partial charge >= 0.3 is 0 Å². The van der Waals surface area contributed by atoms with Gasteiger partial charge < -0.3 is 20.1 Å². The van der Waals surface area contributed by atoms with Crippen molar-refractivity contribution in [2.24, 2.45) is 12.8 Å². The van der Waals surface area contributed by atoms with Crippen molar-refractivity contribution < 1.29 is 4.79 Å². The first-order valence-corrected chi connectivity index (χ1v) is 9.31. The Morgan fingerprint density at radius 3 is 2.57 bits per heavy atom. The number of hydrogen-bond acceptors (Lipinski definition) is 5. The van der Waals surface area contributed by atoms with E-state index in [9.17, 15) is 4.79 Å². The van der Waals surface area contributed by atoms with E-state index in [2.05, 4.69) is 9.97 Å². The fraction of sp³-hybridized carbons (Fsp3) is 0.286. The SMILES string of the molecule is CN(c1ccccc1)c1ccc(C(=O)N2C[C@@H](N)[C@H](c3nccn3C)C2)cn1. The van der Waals surface area contributed by atoms with Gasteiger partial charge in [-0.2, -0.15) is 0 Å². The summed E-state index contributed by atoms with van der Waals surface area (Å²) in [6.07, 6.45) is 5.30. The number of hydrogen-bond donors (Lipinski definition) is 1. The van der Waals surface area contributed by atoms with Crippen molar-refractivity contribution in [3.63, 3.8) is 0 Å². The van der Waals surface area contributed by atoms with Crippen molar-refractivity contribution in [1.82, 2.24) is 19.4 Å². The van der Waals surface area contributed by atoms with E-state index in [1.807, 2.05) is 72.2 Å². The molecule has 1 aliphatic heterocycles. The number of carbonyl (C=O) groups is 1. The molecule has 2 N–H and O–H groups in total. The molecule has 0 aliphatic carbocycles. The third kappa shape index (κ3) is 3.36. The molecule has 0 radical (unpaired) electrons. The molecule has 0 spiro atoms. The zero-order valence-electron chi connectivity index (χ0n) is 16.1. The minimum Gasteiger partial charge on any atom is -0.338 e. The number of amides is 1. The van der Waals surface area contributed by atoms with E-state index in [0.717, 1.165) is 17.3 Å². The standard InChI is InChI=1S/C21H24N6O/c1-25-11-10-23-20(25)17-13-27(14-18(17)22)21(28)15-8-9-19(24-12-15)26(2)16-6-4-3-5-7-16/h3-12,17-18H,13-14,22H2,1-2H3/t17-,18-/m1/s1. The number of nitrogens with two attached hydrogens (primary N) is 1. The van der Waals surface area contributed by atoms with Crippen LogP contribution in [-0.2, 0) is 7.05 Å². The highest BCUT2D eigenvalue weighted by molar-refractivity contribution is 5.94. The molecule has 28 heavy (non-hydrogen) atoms. The van der Waals surface area contributed by atoms with Crippen molar-refractivity contribution in [3.8, 4) is 0 Å². The molecule has 1 aromatic carbocycles. The summed E-state index contributed by atoms with van der Waals surface area (Å²) in [4.78, 5) is 25.6. The summed E-state index contributed by atoms with van der Waals surface area (Å²) in [6.45, 7) is 1.08. The summed E-state index contributed by atoms with van der Waals surface area (Å²) >= 11 is 0. The molecule has 2 aromatic heterocycles. The second kappa shape index (κ2) is 7.44. The van der Waals surface area contributed by atoms with Crippen LogP contribution in [0.2, 0.25) is 0 Å². The zero-order chi connectivity index (χ0) is 19.7. The van der Waals surface area contributed by atoms with E-state index in [1.54, 1.807) is 17.3 Å². The Morgan fingerprint density at radius 2 is 1.93 bits per heavy atom. The van der Waals surface area contributed by atoms with Crippen LogP contribution in [0.4, 0.5) is 11.5 Å². The molecular formula is C21H24N6O. The van der Waals surface area contributed by atoms with Crippen molar-refractivity contribution in [3.05, 3.63) is 72.4 Å². The molecule has 1 aliphatic rings. The third-order valence-electron chi connectivity index (χ3n) is 5.32. The lowest BCUT2D eigenvalue weighted by molar-refractivity contribution is 0.0788. The minimum atomic E-state index is -0.124. The van der Waals surface area contributed by atoms with Crippen LogP contribution in [0.15, 0.2) is 61.1 Å². The summed E-state index contributed by atoms with van der Waals surface area (Å²) in [5.74, 6) is 1.70. The topological polar surface area (TPSA) is 80.3 Å². The molecule has 1 fully saturated rings. The summed E-state index contributed by atoms with van der Waals surface area (Å²) < 4.78 is 1.97. The second-order valence-electron chi connectivity index (χ2n) is 7.18. The van der Waals surface area contributed by atoms with E-state index in [0.29, 0.717) is 18.7 Å². The fourth-order valence-electron chi connectivity index (χ4n) is 3.68. The summed E-state index contributed by atoms with van der Waals surface area (Å²) in [7, 11) is 3.90. The molecule has 144 valence electrons. The van der Waals surface area contributed by atoms with Crippen molar-refractivity contribution in [2.45, 2.75) is 12.0 Å². The largest absolute Gasteiger partial charge is 0.338 e. The maximum Gasteiger partial charge on any atom is 0.255 e. The predicted molar refractivity (Wildman–Crippen MR) is 109 cm³/mol. The lowest BCUT2D eigenvalue weighted by Gasteiger charge is -2.19. The number of likely N-dealkylation sites (tertiary alicyclic amines) is 1. The van der Waals surface area contributed by atoms with E-state index >= 15 is 0 Å². The van der Waals surface area contributed by atoms with Crippen LogP contribution >= 0.6 is 0 Å². The van der Waals surface area contributed by atoms with Gasteiger partial charge in [-0.3, -0.25) is 4.79 Å². The number of anilines is 2. The average Bonchev–Trinajstić information content (AvgIpc) is 3.32. The predicted octanol–water partition coefficient (Wildman–Crippen LogP) is 2.15. The van der Waals surface area contributed by atoms with Gasteiger partial charge in [-0.1, -0.05) is 18.2 Å². The zero-order valence-corrected chi connectivity index (χ0v) is 16.1. The molecule has 1 saturated heterocycles. The molecule has 2 atom stereocenters. The molecule has 7 nitrogen and oxygen atoms in total. The van der Waals surface area contributed by atoms with Crippen molar-refractivity contribution in [2.75, 3.05) is 25.0 Å². The number of aryl methyl sites for hydroxylation is 1. The van der Waals surface area contributed by atoms with Gasteiger partial charge in [0.1, 0.15) is 11.6 Å². The van der Waals surface area contributed by atoms with E-state index in [-0.39, 0.29) is 17.9 Å². The lowest BCUT2D eigenvalue weighted by Crippen LogP contribution is -2.32. The number of aromatic nitrogens is 3. The number of benzene rings is 1. The van der Waals surface area contributed by atoms with Crippen molar-refractivity contribution in [1.29, 1.82) is 0 Å². The molecule has 7 heteroatoms. The number of para-hydroxylation sites is 1. The van der Waals surface area contributed by atoms with Crippen LogP contribution in [0.3, 0.4) is 0 Å². The van der Waals surface area contributed by atoms with Crippen LogP contribution in [0, 0.1) is 0 Å². The molecule has 0 saturated carbocycles. The Hall–Kier alpha value is -3.19. The molecule has 0 unspecified atom stereocenters. The van der Waals surface area contributed by atoms with Crippen LogP contribution in [0.5, 0.6) is 0 Å². The molecule has 1 amide bonds. The summed E-state index contributed by atoms with van der Waals surface area (Å²) in [6, 6.07) is 13.5. The Balaban J connectivity index is 1.48. The van der Waals surface area contributed by atoms with Gasteiger partial charge in [0.2, 0.25) is 0 Å². The quantitative estimate of drug-likeness (QED) is 0.755. The number of imidazole rings is 1. The normalized spacial score (nSPS) is 19.0. The number of nitrogens with zero attached hydrogens (tertiary/aromatic N) is 5. The van der Waals surface area contributed by atoms with Gasteiger partial charge in [0.15, 0.2) is 0 Å². The van der Waals surface area contributed by atoms with Crippen LogP contribution in [0.1, 0.15) is 22.1 Å².